The first kappa shape index (κ1) is 16.5. The van der Waals surface area contributed by atoms with Crippen LogP contribution in [0.1, 0.15) is 16.1 Å². The van der Waals surface area contributed by atoms with Crippen LogP contribution in [0.2, 0.25) is 10.0 Å². The van der Waals surface area contributed by atoms with Crippen molar-refractivity contribution in [2.75, 3.05) is 0 Å². The van der Waals surface area contributed by atoms with Gasteiger partial charge in [-0.3, -0.25) is 14.5 Å². The first-order valence-corrected chi connectivity index (χ1v) is 7.97. The fraction of sp³-hybridized carbons (Fsp3) is 0.118. The van der Waals surface area contributed by atoms with Gasteiger partial charge in [0.15, 0.2) is 5.69 Å². The quantitative estimate of drug-likeness (QED) is 0.771. The second-order valence-corrected chi connectivity index (χ2v) is 6.02. The van der Waals surface area contributed by atoms with E-state index in [4.69, 9.17) is 23.2 Å². The molecule has 5 nitrogen and oxygen atoms in total. The molecule has 3 aromatic rings. The van der Waals surface area contributed by atoms with E-state index < -0.39 is 0 Å². The summed E-state index contributed by atoms with van der Waals surface area (Å²) in [6.45, 7) is 0.417. The highest BCUT2D eigenvalue weighted by atomic mass is 35.5. The third-order valence-electron chi connectivity index (χ3n) is 3.53. The second-order valence-electron chi connectivity index (χ2n) is 5.21. The Labute approximate surface area is 149 Å². The van der Waals surface area contributed by atoms with E-state index in [2.05, 4.69) is 15.4 Å². The summed E-state index contributed by atoms with van der Waals surface area (Å²) in [4.78, 5) is 16.2. The van der Waals surface area contributed by atoms with Crippen LogP contribution in [0.4, 0.5) is 0 Å². The lowest BCUT2D eigenvalue weighted by Gasteiger charge is -2.03. The molecule has 1 aromatic carbocycles. The van der Waals surface area contributed by atoms with Crippen LogP contribution < -0.4 is 5.32 Å². The molecule has 1 amide bonds. The molecule has 0 radical (unpaired) electrons. The van der Waals surface area contributed by atoms with E-state index in [1.54, 1.807) is 42.3 Å². The fourth-order valence-corrected chi connectivity index (χ4v) is 2.58. The Balaban J connectivity index is 1.78. The molecule has 2 aromatic heterocycles. The van der Waals surface area contributed by atoms with Crippen LogP contribution in [0, 0.1) is 0 Å². The van der Waals surface area contributed by atoms with Crippen molar-refractivity contribution >= 4 is 29.1 Å². The molecule has 0 spiro atoms. The van der Waals surface area contributed by atoms with Gasteiger partial charge in [0.2, 0.25) is 0 Å². The zero-order valence-electron chi connectivity index (χ0n) is 12.8. The lowest BCUT2D eigenvalue weighted by molar-refractivity contribution is 0.0945. The first-order valence-electron chi connectivity index (χ1n) is 7.21. The summed E-state index contributed by atoms with van der Waals surface area (Å²) in [6.07, 6.45) is 3.37. The van der Waals surface area contributed by atoms with E-state index in [0.717, 1.165) is 16.8 Å². The van der Waals surface area contributed by atoms with E-state index in [1.165, 1.54) is 0 Å². The van der Waals surface area contributed by atoms with Crippen LogP contribution in [-0.2, 0) is 13.6 Å². The third kappa shape index (κ3) is 3.58. The smallest absolute Gasteiger partial charge is 0.272 e. The summed E-state index contributed by atoms with van der Waals surface area (Å²) >= 11 is 12.0. The summed E-state index contributed by atoms with van der Waals surface area (Å²) in [5.74, 6) is -0.242. The van der Waals surface area contributed by atoms with Crippen LogP contribution in [0.5, 0.6) is 0 Å². The highest BCUT2D eigenvalue weighted by molar-refractivity contribution is 6.42. The minimum Gasteiger partial charge on any atom is -0.347 e. The predicted octanol–water partition coefficient (Wildman–Crippen LogP) is 3.72. The van der Waals surface area contributed by atoms with Crippen molar-refractivity contribution in [3.8, 4) is 11.3 Å². The van der Waals surface area contributed by atoms with Crippen LogP contribution in [-0.4, -0.2) is 20.7 Å². The van der Waals surface area contributed by atoms with Crippen molar-refractivity contribution in [3.63, 3.8) is 0 Å². The maximum Gasteiger partial charge on any atom is 0.272 e. The third-order valence-corrected chi connectivity index (χ3v) is 4.27. The lowest BCUT2D eigenvalue weighted by atomic mass is 10.1. The number of aryl methyl sites for hydroxylation is 1. The molecular weight excluding hydrogens is 347 g/mol. The van der Waals surface area contributed by atoms with Gasteiger partial charge in [-0.2, -0.15) is 5.10 Å². The van der Waals surface area contributed by atoms with Gasteiger partial charge in [0, 0.05) is 31.5 Å². The van der Waals surface area contributed by atoms with Gasteiger partial charge in [0.05, 0.1) is 15.7 Å². The highest BCUT2D eigenvalue weighted by Gasteiger charge is 2.14. The zero-order valence-corrected chi connectivity index (χ0v) is 14.3. The minimum atomic E-state index is -0.242. The molecule has 0 bridgehead atoms. The van der Waals surface area contributed by atoms with Crippen molar-refractivity contribution in [3.05, 3.63) is 70.1 Å². The largest absolute Gasteiger partial charge is 0.347 e. The molecule has 0 unspecified atom stereocenters. The van der Waals surface area contributed by atoms with Crippen molar-refractivity contribution in [1.82, 2.24) is 20.1 Å². The monoisotopic (exact) mass is 360 g/mol. The number of carbonyl (C=O) groups is 1. The normalized spacial score (nSPS) is 10.6. The number of benzene rings is 1. The van der Waals surface area contributed by atoms with Crippen LogP contribution >= 0.6 is 23.2 Å². The summed E-state index contributed by atoms with van der Waals surface area (Å²) in [6, 6.07) is 10.7. The Kier molecular flexibility index (Phi) is 4.83. The number of amides is 1. The molecule has 0 atom stereocenters. The topological polar surface area (TPSA) is 59.8 Å². The predicted molar refractivity (Wildman–Crippen MR) is 94.1 cm³/mol. The van der Waals surface area contributed by atoms with Gasteiger partial charge < -0.3 is 5.32 Å². The highest BCUT2D eigenvalue weighted by Crippen LogP contribution is 2.28. The molecule has 1 N–H and O–H groups in total. The number of hydrogen-bond acceptors (Lipinski definition) is 3. The van der Waals surface area contributed by atoms with Crippen molar-refractivity contribution in [2.24, 2.45) is 7.05 Å². The van der Waals surface area contributed by atoms with E-state index >= 15 is 0 Å². The number of nitrogens with one attached hydrogen (secondary N) is 1. The number of halogens is 2. The Hall–Kier alpha value is -2.37. The van der Waals surface area contributed by atoms with Gasteiger partial charge in [-0.15, -0.1) is 0 Å². The van der Waals surface area contributed by atoms with Crippen molar-refractivity contribution < 1.29 is 4.79 Å². The van der Waals surface area contributed by atoms with Gasteiger partial charge >= 0.3 is 0 Å². The Bertz CT molecular complexity index is 878. The molecule has 0 saturated heterocycles. The molecular formula is C17H14Cl2N4O. The fourth-order valence-electron chi connectivity index (χ4n) is 2.28. The Morgan fingerprint density at radius 1 is 1.12 bits per heavy atom. The van der Waals surface area contributed by atoms with E-state index in [0.29, 0.717) is 22.3 Å². The Morgan fingerprint density at radius 2 is 1.88 bits per heavy atom. The van der Waals surface area contributed by atoms with Crippen molar-refractivity contribution in [2.45, 2.75) is 6.54 Å². The van der Waals surface area contributed by atoms with Gasteiger partial charge in [0.1, 0.15) is 0 Å². The van der Waals surface area contributed by atoms with E-state index in [-0.39, 0.29) is 5.91 Å². The van der Waals surface area contributed by atoms with Crippen LogP contribution in [0.3, 0.4) is 0 Å². The lowest BCUT2D eigenvalue weighted by Crippen LogP contribution is -2.23. The molecule has 2 heterocycles. The molecule has 0 aliphatic heterocycles. The molecule has 0 saturated carbocycles. The summed E-state index contributed by atoms with van der Waals surface area (Å²) in [7, 11) is 1.78. The van der Waals surface area contributed by atoms with Gasteiger partial charge in [0.25, 0.3) is 5.91 Å². The average molecular weight is 361 g/mol. The van der Waals surface area contributed by atoms with Gasteiger partial charge in [-0.05, 0) is 35.9 Å². The summed E-state index contributed by atoms with van der Waals surface area (Å²) in [5, 5.41) is 8.05. The summed E-state index contributed by atoms with van der Waals surface area (Å²) < 4.78 is 1.64. The van der Waals surface area contributed by atoms with Gasteiger partial charge in [-0.25, -0.2) is 0 Å². The van der Waals surface area contributed by atoms with Gasteiger partial charge in [-0.1, -0.05) is 29.3 Å². The number of pyridine rings is 1. The number of nitrogens with zero attached hydrogens (tertiary/aromatic N) is 3. The molecule has 24 heavy (non-hydrogen) atoms. The molecule has 7 heteroatoms. The number of carbonyl (C=O) groups excluding carboxylic acids is 1. The molecule has 122 valence electrons. The van der Waals surface area contributed by atoms with E-state index in [9.17, 15) is 4.79 Å². The molecule has 0 aliphatic carbocycles. The molecule has 3 rings (SSSR count). The van der Waals surface area contributed by atoms with Crippen LogP contribution in [0.25, 0.3) is 11.3 Å². The minimum absolute atomic E-state index is 0.242. The maximum absolute atomic E-state index is 12.3. The SMILES string of the molecule is Cn1nc(C(=O)NCc2ccncc2)cc1-c1ccc(Cl)c(Cl)c1. The van der Waals surface area contributed by atoms with Crippen LogP contribution in [0.15, 0.2) is 48.8 Å². The summed E-state index contributed by atoms with van der Waals surface area (Å²) in [5.41, 5.74) is 2.93. The molecule has 0 fully saturated rings. The second kappa shape index (κ2) is 7.03. The average Bonchev–Trinajstić information content (AvgIpc) is 2.98. The zero-order chi connectivity index (χ0) is 17.1. The number of aromatic nitrogens is 3. The molecule has 0 aliphatic rings. The maximum atomic E-state index is 12.3. The van der Waals surface area contributed by atoms with E-state index in [1.807, 2.05) is 18.2 Å². The number of rotatable bonds is 4. The van der Waals surface area contributed by atoms with Crippen molar-refractivity contribution in [1.29, 1.82) is 0 Å². The Morgan fingerprint density at radius 3 is 2.58 bits per heavy atom. The first-order chi connectivity index (χ1) is 11.5. The number of hydrogen-bond donors (Lipinski definition) is 1. The standard InChI is InChI=1S/C17H14Cl2N4O/c1-23-16(12-2-3-13(18)14(19)8-12)9-15(22-23)17(24)21-10-11-4-6-20-7-5-11/h2-9H,10H2,1H3,(H,21,24).